The van der Waals surface area contributed by atoms with Gasteiger partial charge in [-0.25, -0.2) is 0 Å². The van der Waals surface area contributed by atoms with Gasteiger partial charge in [-0.1, -0.05) is 50.2 Å². The van der Waals surface area contributed by atoms with E-state index in [2.05, 4.69) is 68.6 Å². The van der Waals surface area contributed by atoms with Crippen LogP contribution in [0.25, 0.3) is 11.1 Å². The fourth-order valence-electron chi connectivity index (χ4n) is 2.42. The van der Waals surface area contributed by atoms with Gasteiger partial charge < -0.3 is 5.32 Å². The molecule has 0 saturated carbocycles. The van der Waals surface area contributed by atoms with Crippen LogP contribution >= 0.6 is 0 Å². The first-order valence-corrected chi connectivity index (χ1v) is 7.64. The molecule has 1 nitrogen and oxygen atoms in total. The molecule has 106 valence electrons. The van der Waals surface area contributed by atoms with Crippen molar-refractivity contribution in [2.75, 3.05) is 6.54 Å². The van der Waals surface area contributed by atoms with Crippen LogP contribution in [0.2, 0.25) is 0 Å². The van der Waals surface area contributed by atoms with Crippen LogP contribution in [-0.4, -0.2) is 6.54 Å². The SMILES string of the molecule is CCCNCc1ccc(C)c(-c2ccc(CC)cc2)c1. The van der Waals surface area contributed by atoms with Crippen molar-refractivity contribution in [1.29, 1.82) is 0 Å². The second-order valence-electron chi connectivity index (χ2n) is 5.38. The normalized spacial score (nSPS) is 10.8. The molecule has 0 aliphatic carbocycles. The van der Waals surface area contributed by atoms with Crippen LogP contribution in [0, 0.1) is 6.92 Å². The summed E-state index contributed by atoms with van der Waals surface area (Å²) in [6.07, 6.45) is 2.28. The Kier molecular flexibility index (Phi) is 5.37. The fraction of sp³-hybridized carbons (Fsp3) is 0.368. The topological polar surface area (TPSA) is 12.0 Å². The first-order valence-electron chi connectivity index (χ1n) is 7.64. The Balaban J connectivity index is 2.22. The largest absolute Gasteiger partial charge is 0.313 e. The highest BCUT2D eigenvalue weighted by atomic mass is 14.8. The first-order chi connectivity index (χ1) is 9.74. The van der Waals surface area contributed by atoms with Crippen molar-refractivity contribution in [3.05, 3.63) is 59.2 Å². The number of rotatable bonds is 6. The van der Waals surface area contributed by atoms with Gasteiger partial charge in [-0.05, 0) is 60.2 Å². The van der Waals surface area contributed by atoms with Crippen molar-refractivity contribution in [3.63, 3.8) is 0 Å². The van der Waals surface area contributed by atoms with Crippen LogP contribution in [0.3, 0.4) is 0 Å². The van der Waals surface area contributed by atoms with Crippen molar-refractivity contribution in [1.82, 2.24) is 5.32 Å². The Morgan fingerprint density at radius 3 is 2.25 bits per heavy atom. The predicted molar refractivity (Wildman–Crippen MR) is 88.0 cm³/mol. The lowest BCUT2D eigenvalue weighted by Crippen LogP contribution is -2.13. The molecule has 0 amide bonds. The number of hydrogen-bond acceptors (Lipinski definition) is 1. The second kappa shape index (κ2) is 7.25. The van der Waals surface area contributed by atoms with Crippen LogP contribution in [0.1, 0.15) is 37.0 Å². The second-order valence-corrected chi connectivity index (χ2v) is 5.38. The van der Waals surface area contributed by atoms with Gasteiger partial charge in [0.05, 0.1) is 0 Å². The zero-order valence-corrected chi connectivity index (χ0v) is 12.9. The molecular weight excluding hydrogens is 242 g/mol. The van der Waals surface area contributed by atoms with Gasteiger partial charge in [0, 0.05) is 6.54 Å². The van der Waals surface area contributed by atoms with E-state index in [9.17, 15) is 0 Å². The molecule has 0 unspecified atom stereocenters. The van der Waals surface area contributed by atoms with Gasteiger partial charge in [0.25, 0.3) is 0 Å². The number of benzene rings is 2. The highest BCUT2D eigenvalue weighted by Gasteiger charge is 2.03. The molecule has 0 fully saturated rings. The average molecular weight is 267 g/mol. The molecular formula is C19H25N. The third-order valence-corrected chi connectivity index (χ3v) is 3.73. The Morgan fingerprint density at radius 1 is 0.900 bits per heavy atom. The summed E-state index contributed by atoms with van der Waals surface area (Å²) in [4.78, 5) is 0. The molecule has 0 heterocycles. The maximum Gasteiger partial charge on any atom is 0.0205 e. The van der Waals surface area contributed by atoms with Crippen molar-refractivity contribution < 1.29 is 0 Å². The highest BCUT2D eigenvalue weighted by molar-refractivity contribution is 5.68. The van der Waals surface area contributed by atoms with Gasteiger partial charge >= 0.3 is 0 Å². The molecule has 2 rings (SSSR count). The molecule has 0 aromatic heterocycles. The van der Waals surface area contributed by atoms with Crippen molar-refractivity contribution in [2.24, 2.45) is 0 Å². The molecule has 0 aliphatic heterocycles. The van der Waals surface area contributed by atoms with Gasteiger partial charge in [0.15, 0.2) is 0 Å². The Hall–Kier alpha value is -1.60. The van der Waals surface area contributed by atoms with E-state index in [4.69, 9.17) is 0 Å². The summed E-state index contributed by atoms with van der Waals surface area (Å²) in [7, 11) is 0. The van der Waals surface area contributed by atoms with E-state index >= 15 is 0 Å². The summed E-state index contributed by atoms with van der Waals surface area (Å²) >= 11 is 0. The molecule has 0 saturated heterocycles. The quantitative estimate of drug-likeness (QED) is 0.746. The first kappa shape index (κ1) is 14.8. The maximum absolute atomic E-state index is 3.47. The van der Waals surface area contributed by atoms with E-state index in [-0.39, 0.29) is 0 Å². The van der Waals surface area contributed by atoms with Crippen LogP contribution in [0.5, 0.6) is 0 Å². The molecule has 1 heteroatoms. The third-order valence-electron chi connectivity index (χ3n) is 3.73. The third kappa shape index (κ3) is 3.71. The molecule has 0 radical (unpaired) electrons. The minimum absolute atomic E-state index is 0.953. The fourth-order valence-corrected chi connectivity index (χ4v) is 2.42. The summed E-state index contributed by atoms with van der Waals surface area (Å²) in [5, 5.41) is 3.47. The van der Waals surface area contributed by atoms with E-state index in [0.29, 0.717) is 0 Å². The lowest BCUT2D eigenvalue weighted by molar-refractivity contribution is 0.675. The lowest BCUT2D eigenvalue weighted by atomic mass is 9.97. The molecule has 0 spiro atoms. The molecule has 0 aliphatic rings. The zero-order chi connectivity index (χ0) is 14.4. The minimum Gasteiger partial charge on any atom is -0.313 e. The van der Waals surface area contributed by atoms with E-state index < -0.39 is 0 Å². The number of aryl methyl sites for hydroxylation is 2. The summed E-state index contributed by atoms with van der Waals surface area (Å²) in [6, 6.07) is 15.7. The summed E-state index contributed by atoms with van der Waals surface area (Å²) < 4.78 is 0. The molecule has 2 aromatic carbocycles. The van der Waals surface area contributed by atoms with Crippen molar-refractivity contribution in [2.45, 2.75) is 40.2 Å². The van der Waals surface area contributed by atoms with E-state index in [0.717, 1.165) is 19.5 Å². The molecule has 2 aromatic rings. The lowest BCUT2D eigenvalue weighted by Gasteiger charge is -2.10. The van der Waals surface area contributed by atoms with Gasteiger partial charge in [-0.2, -0.15) is 0 Å². The van der Waals surface area contributed by atoms with Gasteiger partial charge in [0.2, 0.25) is 0 Å². The van der Waals surface area contributed by atoms with E-state index in [1.165, 1.54) is 34.2 Å². The smallest absolute Gasteiger partial charge is 0.0205 e. The minimum atomic E-state index is 0.953. The number of hydrogen-bond donors (Lipinski definition) is 1. The molecule has 20 heavy (non-hydrogen) atoms. The van der Waals surface area contributed by atoms with Gasteiger partial charge in [-0.3, -0.25) is 0 Å². The Morgan fingerprint density at radius 2 is 1.60 bits per heavy atom. The van der Waals surface area contributed by atoms with Gasteiger partial charge in [-0.15, -0.1) is 0 Å². The standard InChI is InChI=1S/C19H25N/c1-4-12-20-14-17-7-6-15(3)19(13-17)18-10-8-16(5-2)9-11-18/h6-11,13,20H,4-5,12,14H2,1-3H3. The Labute approximate surface area is 123 Å². The zero-order valence-electron chi connectivity index (χ0n) is 12.9. The van der Waals surface area contributed by atoms with Crippen LogP contribution in [-0.2, 0) is 13.0 Å². The van der Waals surface area contributed by atoms with E-state index in [1.807, 2.05) is 0 Å². The monoisotopic (exact) mass is 267 g/mol. The Bertz CT molecular complexity index is 540. The average Bonchev–Trinajstić information content (AvgIpc) is 2.49. The van der Waals surface area contributed by atoms with Crippen molar-refractivity contribution in [3.8, 4) is 11.1 Å². The molecule has 0 bridgehead atoms. The van der Waals surface area contributed by atoms with Crippen molar-refractivity contribution >= 4 is 0 Å². The summed E-state index contributed by atoms with van der Waals surface area (Å²) in [5.74, 6) is 0. The van der Waals surface area contributed by atoms with Crippen LogP contribution < -0.4 is 5.32 Å². The maximum atomic E-state index is 3.47. The van der Waals surface area contributed by atoms with E-state index in [1.54, 1.807) is 0 Å². The number of nitrogens with one attached hydrogen (secondary N) is 1. The predicted octanol–water partition coefficient (Wildman–Crippen LogP) is 4.72. The summed E-state index contributed by atoms with van der Waals surface area (Å²) in [6.45, 7) is 8.61. The van der Waals surface area contributed by atoms with Crippen LogP contribution in [0.4, 0.5) is 0 Å². The highest BCUT2D eigenvalue weighted by Crippen LogP contribution is 2.25. The van der Waals surface area contributed by atoms with Gasteiger partial charge in [0.1, 0.15) is 0 Å². The molecule has 1 N–H and O–H groups in total. The summed E-state index contributed by atoms with van der Waals surface area (Å²) in [5.41, 5.74) is 6.76. The molecule has 0 atom stereocenters. The van der Waals surface area contributed by atoms with Crippen LogP contribution in [0.15, 0.2) is 42.5 Å².